The van der Waals surface area contributed by atoms with Crippen LogP contribution in [0.2, 0.25) is 5.15 Å². The van der Waals surface area contributed by atoms with Crippen molar-refractivity contribution < 1.29 is 4.74 Å². The summed E-state index contributed by atoms with van der Waals surface area (Å²) in [5.74, 6) is 0.691. The zero-order valence-corrected chi connectivity index (χ0v) is 10.2. The molecule has 0 fully saturated rings. The quantitative estimate of drug-likeness (QED) is 0.726. The summed E-state index contributed by atoms with van der Waals surface area (Å²) in [6.07, 6.45) is 2.77. The van der Waals surface area contributed by atoms with Gasteiger partial charge in [0.2, 0.25) is 0 Å². The summed E-state index contributed by atoms with van der Waals surface area (Å²) in [6, 6.07) is 1.82. The van der Waals surface area contributed by atoms with Gasteiger partial charge in [0, 0.05) is 12.8 Å². The summed E-state index contributed by atoms with van der Waals surface area (Å²) < 4.78 is 5.29. The van der Waals surface area contributed by atoms with Crippen molar-refractivity contribution >= 4 is 11.6 Å². The number of hydrogen-bond donors (Lipinski definition) is 0. The molecule has 0 aliphatic heterocycles. The maximum atomic E-state index is 5.94. The number of rotatable bonds is 5. The van der Waals surface area contributed by atoms with Crippen LogP contribution in [0, 0.1) is 0 Å². The van der Waals surface area contributed by atoms with Gasteiger partial charge in [-0.2, -0.15) is 0 Å². The van der Waals surface area contributed by atoms with Gasteiger partial charge in [-0.3, -0.25) is 0 Å². The lowest BCUT2D eigenvalue weighted by atomic mass is 10.2. The van der Waals surface area contributed by atoms with Crippen molar-refractivity contribution in [1.29, 1.82) is 0 Å². The number of halogens is 1. The Labute approximate surface area is 95.8 Å². The minimum Gasteiger partial charge on any atom is -0.373 e. The molecule has 0 aliphatic rings. The third kappa shape index (κ3) is 3.43. The second-order valence-corrected chi connectivity index (χ2v) is 3.81. The molecule has 1 rings (SSSR count). The molecule has 0 bridgehead atoms. The third-order valence-corrected chi connectivity index (χ3v) is 2.41. The average molecular weight is 229 g/mol. The van der Waals surface area contributed by atoms with Gasteiger partial charge in [0.05, 0.1) is 0 Å². The van der Waals surface area contributed by atoms with Crippen LogP contribution in [-0.2, 0) is 11.2 Å². The van der Waals surface area contributed by atoms with Crippen LogP contribution in [0.1, 0.15) is 44.3 Å². The molecule has 4 heteroatoms. The monoisotopic (exact) mass is 228 g/mol. The van der Waals surface area contributed by atoms with E-state index in [2.05, 4.69) is 16.9 Å². The molecule has 84 valence electrons. The lowest BCUT2D eigenvalue weighted by molar-refractivity contribution is 0.0924. The van der Waals surface area contributed by atoms with Crippen LogP contribution in [0.4, 0.5) is 0 Å². The van der Waals surface area contributed by atoms with Crippen molar-refractivity contribution in [2.45, 2.75) is 39.2 Å². The van der Waals surface area contributed by atoms with Crippen LogP contribution in [0.15, 0.2) is 6.07 Å². The van der Waals surface area contributed by atoms with Crippen molar-refractivity contribution in [3.05, 3.63) is 22.7 Å². The van der Waals surface area contributed by atoms with Gasteiger partial charge >= 0.3 is 0 Å². The number of nitrogens with zero attached hydrogens (tertiary/aromatic N) is 2. The van der Waals surface area contributed by atoms with Gasteiger partial charge in [-0.05, 0) is 18.9 Å². The Bertz CT molecular complexity index is 313. The van der Waals surface area contributed by atoms with Crippen LogP contribution in [0.5, 0.6) is 0 Å². The van der Waals surface area contributed by atoms with Gasteiger partial charge in [0.15, 0.2) is 5.82 Å². The topological polar surface area (TPSA) is 35.0 Å². The molecule has 3 nitrogen and oxygen atoms in total. The molecule has 0 N–H and O–H groups in total. The van der Waals surface area contributed by atoms with Crippen molar-refractivity contribution in [2.75, 3.05) is 7.11 Å². The molecule has 15 heavy (non-hydrogen) atoms. The molecular formula is C11H17ClN2O. The van der Waals surface area contributed by atoms with E-state index < -0.39 is 0 Å². The fourth-order valence-electron chi connectivity index (χ4n) is 1.47. The molecule has 0 saturated heterocycles. The van der Waals surface area contributed by atoms with E-state index >= 15 is 0 Å². The average Bonchev–Trinajstić information content (AvgIpc) is 2.19. The molecule has 0 amide bonds. The van der Waals surface area contributed by atoms with E-state index in [9.17, 15) is 0 Å². The number of aryl methyl sites for hydroxylation is 1. The van der Waals surface area contributed by atoms with E-state index in [1.54, 1.807) is 7.11 Å². The molecular weight excluding hydrogens is 212 g/mol. The highest BCUT2D eigenvalue weighted by Gasteiger charge is 2.13. The minimum atomic E-state index is -0.0562. The largest absolute Gasteiger partial charge is 0.373 e. The van der Waals surface area contributed by atoms with Gasteiger partial charge in [-0.15, -0.1) is 0 Å². The second-order valence-electron chi connectivity index (χ2n) is 3.42. The summed E-state index contributed by atoms with van der Waals surface area (Å²) in [7, 11) is 1.66. The molecule has 0 aliphatic carbocycles. The molecule has 1 atom stereocenters. The lowest BCUT2D eigenvalue weighted by Crippen LogP contribution is -2.07. The Morgan fingerprint density at radius 1 is 1.40 bits per heavy atom. The lowest BCUT2D eigenvalue weighted by Gasteiger charge is -2.12. The van der Waals surface area contributed by atoms with Crippen LogP contribution >= 0.6 is 11.6 Å². The van der Waals surface area contributed by atoms with E-state index in [0.29, 0.717) is 11.0 Å². The maximum absolute atomic E-state index is 5.94. The van der Waals surface area contributed by atoms with Crippen molar-refractivity contribution in [3.63, 3.8) is 0 Å². The van der Waals surface area contributed by atoms with E-state index in [1.165, 1.54) is 0 Å². The zero-order valence-electron chi connectivity index (χ0n) is 9.46. The van der Waals surface area contributed by atoms with E-state index in [4.69, 9.17) is 16.3 Å². The van der Waals surface area contributed by atoms with Crippen LogP contribution in [0.3, 0.4) is 0 Å². The highest BCUT2D eigenvalue weighted by atomic mass is 35.5. The third-order valence-electron chi connectivity index (χ3n) is 2.21. The molecule has 1 aromatic heterocycles. The summed E-state index contributed by atoms with van der Waals surface area (Å²) in [5.41, 5.74) is 0.989. The maximum Gasteiger partial charge on any atom is 0.159 e. The number of hydrogen-bond acceptors (Lipinski definition) is 3. The van der Waals surface area contributed by atoms with Crippen molar-refractivity contribution in [3.8, 4) is 0 Å². The molecule has 0 spiro atoms. The Hall–Kier alpha value is -0.670. The predicted molar refractivity (Wildman–Crippen MR) is 61.1 cm³/mol. The first-order chi connectivity index (χ1) is 7.21. The van der Waals surface area contributed by atoms with Gasteiger partial charge < -0.3 is 4.74 Å². The van der Waals surface area contributed by atoms with E-state index in [-0.39, 0.29) is 6.10 Å². The van der Waals surface area contributed by atoms with Gasteiger partial charge in [-0.25, -0.2) is 9.97 Å². The zero-order chi connectivity index (χ0) is 11.3. The molecule has 0 saturated carbocycles. The standard InChI is InChI=1S/C11H17ClN2O/c1-4-6-8-7-10(12)14-11(13-8)9(5-2)15-3/h7,9H,4-6H2,1-3H3. The second kappa shape index (κ2) is 6.03. The first-order valence-corrected chi connectivity index (χ1v) is 5.65. The highest BCUT2D eigenvalue weighted by Crippen LogP contribution is 2.19. The summed E-state index contributed by atoms with van der Waals surface area (Å²) in [6.45, 7) is 4.15. The van der Waals surface area contributed by atoms with Gasteiger partial charge in [-0.1, -0.05) is 31.9 Å². The number of aromatic nitrogens is 2. The fourth-order valence-corrected chi connectivity index (χ4v) is 1.68. The molecule has 0 radical (unpaired) electrons. The Morgan fingerprint density at radius 3 is 2.67 bits per heavy atom. The summed E-state index contributed by atoms with van der Waals surface area (Å²) >= 11 is 5.94. The first kappa shape index (κ1) is 12.4. The normalized spacial score (nSPS) is 12.8. The summed E-state index contributed by atoms with van der Waals surface area (Å²) in [4.78, 5) is 8.63. The first-order valence-electron chi connectivity index (χ1n) is 5.27. The molecule has 1 heterocycles. The fraction of sp³-hybridized carbons (Fsp3) is 0.636. The van der Waals surface area contributed by atoms with E-state index in [0.717, 1.165) is 25.0 Å². The van der Waals surface area contributed by atoms with Crippen LogP contribution in [0.25, 0.3) is 0 Å². The minimum absolute atomic E-state index is 0.0562. The Balaban J connectivity index is 2.96. The van der Waals surface area contributed by atoms with Crippen molar-refractivity contribution in [1.82, 2.24) is 9.97 Å². The molecule has 1 unspecified atom stereocenters. The van der Waals surface area contributed by atoms with Crippen LogP contribution < -0.4 is 0 Å². The highest BCUT2D eigenvalue weighted by molar-refractivity contribution is 6.29. The smallest absolute Gasteiger partial charge is 0.159 e. The Kier molecular flexibility index (Phi) is 4.99. The predicted octanol–water partition coefficient (Wildman–Crippen LogP) is 3.18. The van der Waals surface area contributed by atoms with Gasteiger partial charge in [0.1, 0.15) is 11.3 Å². The van der Waals surface area contributed by atoms with Crippen molar-refractivity contribution in [2.24, 2.45) is 0 Å². The van der Waals surface area contributed by atoms with E-state index in [1.807, 2.05) is 13.0 Å². The van der Waals surface area contributed by atoms with Gasteiger partial charge in [0.25, 0.3) is 0 Å². The summed E-state index contributed by atoms with van der Waals surface area (Å²) in [5, 5.41) is 0.499. The SMILES string of the molecule is CCCc1cc(Cl)nc(C(CC)OC)n1. The number of methoxy groups -OCH3 is 1. The molecule has 0 aromatic carbocycles. The van der Waals surface area contributed by atoms with Crippen LogP contribution in [-0.4, -0.2) is 17.1 Å². The molecule has 1 aromatic rings. The number of ether oxygens (including phenoxy) is 1. The Morgan fingerprint density at radius 2 is 2.13 bits per heavy atom.